The molecule has 2 heterocycles. The Hall–Kier alpha value is -0.910. The third-order valence-corrected chi connectivity index (χ3v) is 2.70. The van der Waals surface area contributed by atoms with Crippen LogP contribution < -0.4 is 5.73 Å². The van der Waals surface area contributed by atoms with Gasteiger partial charge >= 0.3 is 0 Å². The number of rotatable bonds is 2. The number of hydrogen-bond donors (Lipinski definition) is 2. The van der Waals surface area contributed by atoms with Gasteiger partial charge in [0, 0.05) is 11.8 Å². The largest absolute Gasteiger partial charge is 0.394 e. The Bertz CT molecular complexity index is 454. The van der Waals surface area contributed by atoms with E-state index in [4.69, 9.17) is 10.8 Å². The zero-order valence-electron chi connectivity index (χ0n) is 7.39. The molecule has 2 aromatic rings. The molecular weight excluding hydrogens is 246 g/mol. The van der Waals surface area contributed by atoms with E-state index in [0.717, 1.165) is 15.8 Å². The summed E-state index contributed by atoms with van der Waals surface area (Å²) in [6.45, 7) is -0.0792. The third kappa shape index (κ3) is 1.43. The quantitative estimate of drug-likeness (QED) is 0.845. The maximum atomic E-state index is 8.98. The normalized spacial score (nSPS) is 13.4. The maximum Gasteiger partial charge on any atom is 0.142 e. The summed E-state index contributed by atoms with van der Waals surface area (Å²) in [6, 6.07) is 3.37. The van der Waals surface area contributed by atoms with E-state index in [2.05, 4.69) is 20.9 Å². The first-order valence-corrected chi connectivity index (χ1v) is 5.01. The van der Waals surface area contributed by atoms with Gasteiger partial charge in [0.05, 0.1) is 18.8 Å². The Morgan fingerprint density at radius 1 is 1.64 bits per heavy atom. The van der Waals surface area contributed by atoms with Crippen molar-refractivity contribution in [2.75, 3.05) is 6.61 Å². The van der Waals surface area contributed by atoms with Gasteiger partial charge in [-0.1, -0.05) is 6.07 Å². The molecule has 2 rings (SSSR count). The number of aliphatic hydroxyl groups excluding tert-OH is 1. The van der Waals surface area contributed by atoms with Crippen molar-refractivity contribution in [1.29, 1.82) is 0 Å². The molecule has 3 N–H and O–H groups in total. The Kier molecular flexibility index (Phi) is 2.54. The van der Waals surface area contributed by atoms with Gasteiger partial charge in [-0.2, -0.15) is 0 Å². The lowest BCUT2D eigenvalue weighted by Crippen LogP contribution is -2.15. The van der Waals surface area contributed by atoms with Crippen molar-refractivity contribution < 1.29 is 5.11 Å². The monoisotopic (exact) mass is 255 g/mol. The second-order valence-electron chi connectivity index (χ2n) is 3.03. The van der Waals surface area contributed by atoms with E-state index in [1.807, 2.05) is 22.7 Å². The highest BCUT2D eigenvalue weighted by Gasteiger charge is 2.11. The minimum absolute atomic E-state index is 0.0792. The summed E-state index contributed by atoms with van der Waals surface area (Å²) in [5, 5.41) is 8.98. The molecule has 0 fully saturated rings. The van der Waals surface area contributed by atoms with Gasteiger partial charge in [0.15, 0.2) is 0 Å². The predicted molar refractivity (Wildman–Crippen MR) is 56.9 cm³/mol. The van der Waals surface area contributed by atoms with E-state index >= 15 is 0 Å². The molecule has 0 aliphatic heterocycles. The summed E-state index contributed by atoms with van der Waals surface area (Å²) in [6.07, 6.45) is 3.60. The lowest BCUT2D eigenvalue weighted by atomic mass is 10.1. The first kappa shape index (κ1) is 9.64. The van der Waals surface area contributed by atoms with Crippen LogP contribution in [0.2, 0.25) is 0 Å². The highest BCUT2D eigenvalue weighted by atomic mass is 79.9. The fraction of sp³-hybridized carbons (Fsp3) is 0.222. The molecule has 74 valence electrons. The average Bonchev–Trinajstić information content (AvgIpc) is 2.59. The van der Waals surface area contributed by atoms with Crippen LogP contribution in [0.1, 0.15) is 11.6 Å². The zero-order valence-corrected chi connectivity index (χ0v) is 8.98. The van der Waals surface area contributed by atoms with Gasteiger partial charge in [-0.3, -0.25) is 4.40 Å². The molecule has 0 aliphatic rings. The zero-order chi connectivity index (χ0) is 10.1. The lowest BCUT2D eigenvalue weighted by molar-refractivity contribution is 0.268. The van der Waals surface area contributed by atoms with Gasteiger partial charge in [-0.25, -0.2) is 4.98 Å². The molecule has 0 aromatic carbocycles. The summed E-state index contributed by atoms with van der Waals surface area (Å²) >= 11 is 3.37. The molecule has 0 amide bonds. The smallest absolute Gasteiger partial charge is 0.142 e. The van der Waals surface area contributed by atoms with Crippen LogP contribution in [0.25, 0.3) is 5.65 Å². The van der Waals surface area contributed by atoms with Crippen LogP contribution in [-0.4, -0.2) is 21.1 Å². The van der Waals surface area contributed by atoms with Crippen molar-refractivity contribution in [1.82, 2.24) is 9.38 Å². The number of pyridine rings is 1. The third-order valence-electron chi connectivity index (χ3n) is 2.12. The highest BCUT2D eigenvalue weighted by molar-refractivity contribution is 9.10. The minimum atomic E-state index is -0.381. The van der Waals surface area contributed by atoms with Crippen molar-refractivity contribution in [3.05, 3.63) is 34.7 Å². The van der Waals surface area contributed by atoms with E-state index in [1.54, 1.807) is 6.20 Å². The predicted octanol–water partition coefficient (Wildman–Crippen LogP) is 1.09. The molecule has 0 saturated carbocycles. The molecule has 0 spiro atoms. The molecule has 4 nitrogen and oxygen atoms in total. The molecule has 0 aliphatic carbocycles. The fourth-order valence-corrected chi connectivity index (χ4v) is 1.78. The van der Waals surface area contributed by atoms with Crippen molar-refractivity contribution in [2.45, 2.75) is 6.04 Å². The summed E-state index contributed by atoms with van der Waals surface area (Å²) in [5.41, 5.74) is 7.38. The number of nitrogens with two attached hydrogens (primary N) is 1. The number of hydrogen-bond acceptors (Lipinski definition) is 3. The van der Waals surface area contributed by atoms with Crippen LogP contribution in [0, 0.1) is 0 Å². The van der Waals surface area contributed by atoms with E-state index in [0.29, 0.717) is 0 Å². The van der Waals surface area contributed by atoms with E-state index in [-0.39, 0.29) is 12.6 Å². The first-order chi connectivity index (χ1) is 6.74. The van der Waals surface area contributed by atoms with Crippen molar-refractivity contribution >= 4 is 21.6 Å². The average molecular weight is 256 g/mol. The molecule has 5 heteroatoms. The summed E-state index contributed by atoms with van der Waals surface area (Å²) in [4.78, 5) is 4.21. The van der Waals surface area contributed by atoms with Crippen LogP contribution >= 0.6 is 15.9 Å². The second-order valence-corrected chi connectivity index (χ2v) is 3.84. The first-order valence-electron chi connectivity index (χ1n) is 4.22. The van der Waals surface area contributed by atoms with E-state index in [9.17, 15) is 0 Å². The molecule has 1 unspecified atom stereocenters. The number of halogens is 1. The number of aromatic nitrogens is 2. The fourth-order valence-electron chi connectivity index (χ4n) is 1.39. The molecule has 1 atom stereocenters. The highest BCUT2D eigenvalue weighted by Crippen LogP contribution is 2.19. The molecular formula is C9H10BrN3O. The number of fused-ring (bicyclic) bond motifs is 1. The Labute approximate surface area is 89.5 Å². The van der Waals surface area contributed by atoms with Crippen LogP contribution in [0.15, 0.2) is 29.1 Å². The SMILES string of the molecule is NC(CO)c1cccn2c(Br)cnc12. The van der Waals surface area contributed by atoms with Gasteiger partial charge in [0.1, 0.15) is 10.3 Å². The molecule has 14 heavy (non-hydrogen) atoms. The topological polar surface area (TPSA) is 63.5 Å². The van der Waals surface area contributed by atoms with Crippen molar-refractivity contribution in [3.8, 4) is 0 Å². The minimum Gasteiger partial charge on any atom is -0.394 e. The van der Waals surface area contributed by atoms with Crippen LogP contribution in [-0.2, 0) is 0 Å². The standard InChI is InChI=1S/C9H10BrN3O/c10-8-4-12-9-6(7(11)5-14)2-1-3-13(8)9/h1-4,7,14H,5,11H2. The van der Waals surface area contributed by atoms with E-state index < -0.39 is 0 Å². The molecule has 0 radical (unpaired) electrons. The second kappa shape index (κ2) is 3.68. The van der Waals surface area contributed by atoms with Gasteiger partial charge < -0.3 is 10.8 Å². The van der Waals surface area contributed by atoms with Gasteiger partial charge in [-0.15, -0.1) is 0 Å². The van der Waals surface area contributed by atoms with Gasteiger partial charge in [0.25, 0.3) is 0 Å². The van der Waals surface area contributed by atoms with Crippen molar-refractivity contribution in [2.24, 2.45) is 5.73 Å². The molecule has 0 saturated heterocycles. The summed E-state index contributed by atoms with van der Waals surface area (Å²) < 4.78 is 2.75. The maximum absolute atomic E-state index is 8.98. The van der Waals surface area contributed by atoms with Crippen molar-refractivity contribution in [3.63, 3.8) is 0 Å². The molecule has 2 aromatic heterocycles. The number of imidazole rings is 1. The molecule has 0 bridgehead atoms. The summed E-state index contributed by atoms with van der Waals surface area (Å²) in [5.74, 6) is 0. The van der Waals surface area contributed by atoms with Gasteiger partial charge in [-0.05, 0) is 22.0 Å². The van der Waals surface area contributed by atoms with E-state index in [1.165, 1.54) is 0 Å². The lowest BCUT2D eigenvalue weighted by Gasteiger charge is -2.09. The van der Waals surface area contributed by atoms with Gasteiger partial charge in [0.2, 0.25) is 0 Å². The van der Waals surface area contributed by atoms with Crippen LogP contribution in [0.5, 0.6) is 0 Å². The Morgan fingerprint density at radius 3 is 3.14 bits per heavy atom. The Morgan fingerprint density at radius 2 is 2.43 bits per heavy atom. The Balaban J connectivity index is 2.65. The number of nitrogens with zero attached hydrogens (tertiary/aromatic N) is 2. The summed E-state index contributed by atoms with van der Waals surface area (Å²) in [7, 11) is 0. The van der Waals surface area contributed by atoms with Crippen LogP contribution in [0.3, 0.4) is 0 Å². The van der Waals surface area contributed by atoms with Crippen LogP contribution in [0.4, 0.5) is 0 Å². The number of aliphatic hydroxyl groups is 1.